The minimum Gasteiger partial charge on any atom is -0.365 e. The molecular weight excluding hydrogens is 255 g/mol. The van der Waals surface area contributed by atoms with Crippen molar-refractivity contribution in [1.29, 1.82) is 0 Å². The number of carbonyl (C=O) groups is 1. The molecule has 0 saturated heterocycles. The molecule has 0 aromatic heterocycles. The molecule has 1 aromatic rings. The summed E-state index contributed by atoms with van der Waals surface area (Å²) in [5, 5.41) is 2.42. The van der Waals surface area contributed by atoms with Gasteiger partial charge in [-0.05, 0) is 11.6 Å². The summed E-state index contributed by atoms with van der Waals surface area (Å²) in [7, 11) is 0. The van der Waals surface area contributed by atoms with Gasteiger partial charge in [-0.3, -0.25) is 4.79 Å². The summed E-state index contributed by atoms with van der Waals surface area (Å²) in [6, 6.07) is 9.40. The van der Waals surface area contributed by atoms with Gasteiger partial charge in [-0.15, -0.1) is 12.4 Å². The van der Waals surface area contributed by atoms with Crippen molar-refractivity contribution < 1.29 is 9.18 Å². The Bertz CT molecular complexity index is 397. The first-order valence-corrected chi connectivity index (χ1v) is 5.56. The quantitative estimate of drug-likeness (QED) is 0.782. The maximum atomic E-state index is 14.0. The summed E-state index contributed by atoms with van der Waals surface area (Å²) in [5.74, 6) is -3.16. The zero-order valence-electron chi connectivity index (χ0n) is 10.2. The Hall–Kier alpha value is -1.55. The van der Waals surface area contributed by atoms with Crippen LogP contribution >= 0.6 is 12.4 Å². The molecule has 1 unspecified atom stereocenters. The summed E-state index contributed by atoms with van der Waals surface area (Å²) in [6.07, 6.45) is 3.69. The Kier molecular flexibility index (Phi) is 7.05. The number of benzene rings is 1. The van der Waals surface area contributed by atoms with E-state index in [9.17, 15) is 9.18 Å². The van der Waals surface area contributed by atoms with Crippen LogP contribution in [0.15, 0.2) is 36.5 Å². The number of hydrogen-bond acceptors (Lipinski definition) is 2. The van der Waals surface area contributed by atoms with Crippen LogP contribution in [-0.2, 0) is 4.79 Å². The van der Waals surface area contributed by atoms with E-state index < -0.39 is 11.7 Å². The van der Waals surface area contributed by atoms with Crippen molar-refractivity contribution in [3.63, 3.8) is 0 Å². The Morgan fingerprint density at radius 1 is 1.44 bits per heavy atom. The van der Waals surface area contributed by atoms with Crippen LogP contribution in [0, 0.1) is 0 Å². The van der Waals surface area contributed by atoms with Crippen molar-refractivity contribution in [2.45, 2.75) is 25.6 Å². The van der Waals surface area contributed by atoms with Gasteiger partial charge in [-0.2, -0.15) is 0 Å². The highest BCUT2D eigenvalue weighted by Gasteiger charge is 2.33. The van der Waals surface area contributed by atoms with Gasteiger partial charge in [0, 0.05) is 12.6 Å². The molecule has 1 atom stereocenters. The summed E-state index contributed by atoms with van der Waals surface area (Å²) in [6.45, 7) is 1.79. The van der Waals surface area contributed by atoms with Crippen LogP contribution in [0.2, 0.25) is 0 Å². The molecule has 18 heavy (non-hydrogen) atoms. The second kappa shape index (κ2) is 7.71. The molecule has 0 aliphatic heterocycles. The predicted octanol–water partition coefficient (Wildman–Crippen LogP) is 2.62. The molecule has 3 nitrogen and oxygen atoms in total. The molecule has 0 saturated carbocycles. The van der Waals surface area contributed by atoms with E-state index in [2.05, 4.69) is 5.32 Å². The van der Waals surface area contributed by atoms with Gasteiger partial charge in [0.2, 0.25) is 0 Å². The lowest BCUT2D eigenvalue weighted by Crippen LogP contribution is -2.49. The third-order valence-electron chi connectivity index (χ3n) is 2.37. The highest BCUT2D eigenvalue weighted by molar-refractivity contribution is 5.85. The summed E-state index contributed by atoms with van der Waals surface area (Å²) < 4.78 is 14.0. The lowest BCUT2D eigenvalue weighted by atomic mass is 10.1. The second-order valence-corrected chi connectivity index (χ2v) is 3.80. The number of nitrogens with two attached hydrogens (primary N) is 1. The van der Waals surface area contributed by atoms with E-state index >= 15 is 0 Å². The van der Waals surface area contributed by atoms with Crippen molar-refractivity contribution in [3.8, 4) is 0 Å². The Labute approximate surface area is 113 Å². The number of carbonyl (C=O) groups excluding carboxylic acids is 1. The zero-order chi connectivity index (χ0) is 12.7. The van der Waals surface area contributed by atoms with Gasteiger partial charge in [0.1, 0.15) is 0 Å². The molecule has 1 rings (SSSR count). The maximum absolute atomic E-state index is 14.0. The SMILES string of the molecule is CCCC(F)(NC=Cc1ccccc1)C(N)=O.Cl. The first-order chi connectivity index (χ1) is 8.08. The Morgan fingerprint density at radius 3 is 2.56 bits per heavy atom. The average Bonchev–Trinajstić information content (AvgIpc) is 2.30. The molecule has 0 heterocycles. The van der Waals surface area contributed by atoms with E-state index in [0.717, 1.165) is 5.56 Å². The maximum Gasteiger partial charge on any atom is 0.275 e. The minimum absolute atomic E-state index is 0. The average molecular weight is 273 g/mol. The smallest absolute Gasteiger partial charge is 0.275 e. The molecule has 3 N–H and O–H groups in total. The number of rotatable bonds is 6. The number of halogens is 2. The number of hydrogen-bond donors (Lipinski definition) is 2. The van der Waals surface area contributed by atoms with Crippen LogP contribution in [-0.4, -0.2) is 11.7 Å². The van der Waals surface area contributed by atoms with E-state index in [4.69, 9.17) is 5.73 Å². The van der Waals surface area contributed by atoms with E-state index in [0.29, 0.717) is 6.42 Å². The van der Waals surface area contributed by atoms with Gasteiger partial charge >= 0.3 is 0 Å². The molecule has 5 heteroatoms. The third-order valence-corrected chi connectivity index (χ3v) is 2.37. The van der Waals surface area contributed by atoms with Gasteiger partial charge in [0.25, 0.3) is 11.7 Å². The van der Waals surface area contributed by atoms with E-state index in [1.807, 2.05) is 30.3 Å². The normalized spacial score (nSPS) is 13.7. The highest BCUT2D eigenvalue weighted by atomic mass is 35.5. The van der Waals surface area contributed by atoms with Crippen molar-refractivity contribution in [2.75, 3.05) is 0 Å². The fourth-order valence-corrected chi connectivity index (χ4v) is 1.45. The second-order valence-electron chi connectivity index (χ2n) is 3.80. The third kappa shape index (κ3) is 4.75. The molecule has 0 bridgehead atoms. The summed E-state index contributed by atoms with van der Waals surface area (Å²) in [5.41, 5.74) is 5.95. The van der Waals surface area contributed by atoms with Crippen LogP contribution in [0.25, 0.3) is 6.08 Å². The molecule has 0 fully saturated rings. The molecule has 0 spiro atoms. The first-order valence-electron chi connectivity index (χ1n) is 5.56. The van der Waals surface area contributed by atoms with Gasteiger partial charge in [0.15, 0.2) is 0 Å². The molecule has 1 amide bonds. The molecular formula is C13H18ClFN2O. The van der Waals surface area contributed by atoms with Crippen LogP contribution in [0.1, 0.15) is 25.3 Å². The van der Waals surface area contributed by atoms with Crippen LogP contribution in [0.5, 0.6) is 0 Å². The molecule has 0 aliphatic carbocycles. The highest BCUT2D eigenvalue weighted by Crippen LogP contribution is 2.14. The number of alkyl halides is 1. The lowest BCUT2D eigenvalue weighted by molar-refractivity contribution is -0.131. The Morgan fingerprint density at radius 2 is 2.06 bits per heavy atom. The number of nitrogens with one attached hydrogen (secondary N) is 1. The monoisotopic (exact) mass is 272 g/mol. The van der Waals surface area contributed by atoms with Crippen LogP contribution in [0.3, 0.4) is 0 Å². The molecule has 0 radical (unpaired) electrons. The molecule has 1 aromatic carbocycles. The topological polar surface area (TPSA) is 55.1 Å². The molecule has 100 valence electrons. The minimum atomic E-state index is -2.17. The fourth-order valence-electron chi connectivity index (χ4n) is 1.45. The summed E-state index contributed by atoms with van der Waals surface area (Å²) in [4.78, 5) is 11.0. The van der Waals surface area contributed by atoms with Crippen molar-refractivity contribution in [1.82, 2.24) is 5.32 Å². The van der Waals surface area contributed by atoms with Crippen LogP contribution < -0.4 is 11.1 Å². The van der Waals surface area contributed by atoms with Gasteiger partial charge in [-0.25, -0.2) is 4.39 Å². The van der Waals surface area contributed by atoms with Gasteiger partial charge in [0.05, 0.1) is 0 Å². The van der Waals surface area contributed by atoms with Crippen molar-refractivity contribution in [2.24, 2.45) is 5.73 Å². The largest absolute Gasteiger partial charge is 0.365 e. The zero-order valence-corrected chi connectivity index (χ0v) is 11.0. The van der Waals surface area contributed by atoms with Gasteiger partial charge < -0.3 is 11.1 Å². The Balaban J connectivity index is 0.00000289. The molecule has 0 aliphatic rings. The number of amides is 1. The first kappa shape index (κ1) is 16.4. The van der Waals surface area contributed by atoms with E-state index in [1.165, 1.54) is 6.20 Å². The summed E-state index contributed by atoms with van der Waals surface area (Å²) >= 11 is 0. The standard InChI is InChI=1S/C13H17FN2O.ClH/c1-2-9-13(14,12(15)17)16-10-8-11-6-4-3-5-7-11;/h3-8,10,16H,2,9H2,1H3,(H2,15,17);1H. The fraction of sp³-hybridized carbons (Fsp3) is 0.308. The number of primary amides is 1. The van der Waals surface area contributed by atoms with Crippen molar-refractivity contribution in [3.05, 3.63) is 42.1 Å². The predicted molar refractivity (Wildman–Crippen MR) is 73.8 cm³/mol. The van der Waals surface area contributed by atoms with E-state index in [1.54, 1.807) is 13.0 Å². The van der Waals surface area contributed by atoms with Crippen LogP contribution in [0.4, 0.5) is 4.39 Å². The van der Waals surface area contributed by atoms with E-state index in [-0.39, 0.29) is 18.8 Å². The van der Waals surface area contributed by atoms with Gasteiger partial charge in [-0.1, -0.05) is 43.7 Å². The lowest BCUT2D eigenvalue weighted by Gasteiger charge is -2.21. The van der Waals surface area contributed by atoms with Crippen molar-refractivity contribution >= 4 is 24.4 Å².